The number of hydrogen-bond acceptors (Lipinski definition) is 7. The van der Waals surface area contributed by atoms with Gasteiger partial charge in [-0.15, -0.1) is 0 Å². The van der Waals surface area contributed by atoms with Crippen molar-refractivity contribution in [3.63, 3.8) is 0 Å². The van der Waals surface area contributed by atoms with Crippen molar-refractivity contribution in [2.75, 3.05) is 29.5 Å². The second kappa shape index (κ2) is 10.7. The lowest BCUT2D eigenvalue weighted by molar-refractivity contribution is -0.121. The molecule has 10 nitrogen and oxygen atoms in total. The Morgan fingerprint density at radius 1 is 1.19 bits per heavy atom. The molecule has 0 bridgehead atoms. The number of hydrogen-bond donors (Lipinski definition) is 3. The van der Waals surface area contributed by atoms with Gasteiger partial charge in [-0.05, 0) is 31.0 Å². The predicted molar refractivity (Wildman–Crippen MR) is 119 cm³/mol. The summed E-state index contributed by atoms with van der Waals surface area (Å²) in [5, 5.41) is 0.287. The summed E-state index contributed by atoms with van der Waals surface area (Å²) in [7, 11) is 0. The van der Waals surface area contributed by atoms with E-state index in [0.717, 1.165) is 11.3 Å². The van der Waals surface area contributed by atoms with Gasteiger partial charge in [-0.1, -0.05) is 31.9 Å². The van der Waals surface area contributed by atoms with Crippen molar-refractivity contribution in [2.24, 2.45) is 0 Å². The number of aromatic nitrogens is 2. The number of H-pyrrole nitrogens is 1. The van der Waals surface area contributed by atoms with Gasteiger partial charge in [0.1, 0.15) is 5.82 Å². The van der Waals surface area contributed by atoms with E-state index in [0.29, 0.717) is 12.8 Å². The molecule has 0 saturated carbocycles. The lowest BCUT2D eigenvalue weighted by Crippen LogP contribution is -2.43. The van der Waals surface area contributed by atoms with E-state index < -0.39 is 29.7 Å². The number of nitrogens with zero attached hydrogens (tertiary/aromatic N) is 2. The number of nitrogen functional groups attached to an aromatic ring is 2. The number of anilines is 3. The van der Waals surface area contributed by atoms with Crippen molar-refractivity contribution in [1.29, 1.82) is 0 Å². The van der Waals surface area contributed by atoms with Crippen LogP contribution in [0.1, 0.15) is 43.5 Å². The topological polar surface area (TPSA) is 154 Å². The fourth-order valence-corrected chi connectivity index (χ4v) is 3.12. The SMILES string of the molecule is CCCCN(C(=O)COC(=O)c1cc(Cl)ccc1N)c1c(N)n(CCC)c(=O)[nH]c1=O. The maximum Gasteiger partial charge on any atom is 0.340 e. The van der Waals surface area contributed by atoms with Gasteiger partial charge in [-0.25, -0.2) is 9.59 Å². The minimum absolute atomic E-state index is 0.0225. The third kappa shape index (κ3) is 5.66. The summed E-state index contributed by atoms with van der Waals surface area (Å²) in [6.07, 6.45) is 1.89. The van der Waals surface area contributed by atoms with Gasteiger partial charge in [0, 0.05) is 23.8 Å². The Morgan fingerprint density at radius 3 is 2.55 bits per heavy atom. The average Bonchev–Trinajstić information content (AvgIpc) is 2.73. The molecule has 11 heteroatoms. The highest BCUT2D eigenvalue weighted by atomic mass is 35.5. The molecule has 0 radical (unpaired) electrons. The highest BCUT2D eigenvalue weighted by Crippen LogP contribution is 2.20. The number of esters is 1. The average molecular weight is 452 g/mol. The minimum atomic E-state index is -0.832. The first-order chi connectivity index (χ1) is 14.7. The first-order valence-electron chi connectivity index (χ1n) is 9.86. The Labute approximate surface area is 183 Å². The summed E-state index contributed by atoms with van der Waals surface area (Å²) in [4.78, 5) is 53.1. The summed E-state index contributed by atoms with van der Waals surface area (Å²) in [5.41, 5.74) is 10.4. The van der Waals surface area contributed by atoms with Gasteiger partial charge in [0.2, 0.25) is 0 Å². The number of aromatic amines is 1. The molecule has 1 heterocycles. The Balaban J connectivity index is 2.32. The Bertz CT molecular complexity index is 1080. The van der Waals surface area contributed by atoms with E-state index in [9.17, 15) is 19.2 Å². The van der Waals surface area contributed by atoms with Crippen LogP contribution in [0, 0.1) is 0 Å². The van der Waals surface area contributed by atoms with Gasteiger partial charge < -0.3 is 21.1 Å². The molecule has 2 rings (SSSR count). The molecule has 0 unspecified atom stereocenters. The molecule has 31 heavy (non-hydrogen) atoms. The first kappa shape index (κ1) is 24.0. The monoisotopic (exact) mass is 451 g/mol. The molecule has 1 aromatic heterocycles. The van der Waals surface area contributed by atoms with Crippen molar-refractivity contribution >= 4 is 40.7 Å². The van der Waals surface area contributed by atoms with Crippen LogP contribution in [0.5, 0.6) is 0 Å². The van der Waals surface area contributed by atoms with E-state index in [4.69, 9.17) is 27.8 Å². The molecule has 0 aliphatic carbocycles. The standard InChI is InChI=1S/C20H26ClN5O5/c1-3-5-9-25(16-17(23)26(8-4-2)20(30)24-18(16)28)15(27)11-31-19(29)13-10-12(21)6-7-14(13)22/h6-7,10H,3-5,8-9,11,22-23H2,1-2H3,(H,24,28,30). The molecule has 2 aromatic rings. The lowest BCUT2D eigenvalue weighted by atomic mass is 10.2. The van der Waals surface area contributed by atoms with Gasteiger partial charge in [0.05, 0.1) is 5.56 Å². The Hall–Kier alpha value is -3.27. The number of amides is 1. The molecular weight excluding hydrogens is 426 g/mol. The van der Waals surface area contributed by atoms with Gasteiger partial charge in [-0.3, -0.25) is 19.1 Å². The fraction of sp³-hybridized carbons (Fsp3) is 0.400. The highest BCUT2D eigenvalue weighted by molar-refractivity contribution is 6.31. The second-order valence-corrected chi connectivity index (χ2v) is 7.29. The molecule has 0 fully saturated rings. The first-order valence-corrected chi connectivity index (χ1v) is 10.2. The second-order valence-electron chi connectivity index (χ2n) is 6.85. The molecule has 5 N–H and O–H groups in total. The number of nitrogens with two attached hydrogens (primary N) is 2. The van der Waals surface area contributed by atoms with Crippen molar-refractivity contribution in [1.82, 2.24) is 9.55 Å². The molecule has 0 atom stereocenters. The van der Waals surface area contributed by atoms with Gasteiger partial charge in [-0.2, -0.15) is 0 Å². The maximum absolute atomic E-state index is 12.9. The molecule has 0 saturated heterocycles. The minimum Gasteiger partial charge on any atom is -0.452 e. The van der Waals surface area contributed by atoms with Crippen LogP contribution >= 0.6 is 11.6 Å². The number of ether oxygens (including phenoxy) is 1. The molecule has 0 aliphatic rings. The summed E-state index contributed by atoms with van der Waals surface area (Å²) in [6.45, 7) is 3.53. The van der Waals surface area contributed by atoms with Crippen LogP contribution in [-0.4, -0.2) is 34.6 Å². The zero-order valence-corrected chi connectivity index (χ0v) is 18.2. The van der Waals surface area contributed by atoms with Crippen LogP contribution in [0.3, 0.4) is 0 Å². The van der Waals surface area contributed by atoms with Crippen molar-refractivity contribution < 1.29 is 14.3 Å². The summed E-state index contributed by atoms with van der Waals surface area (Å²) in [5.74, 6) is -1.62. The van der Waals surface area contributed by atoms with Crippen molar-refractivity contribution in [3.8, 4) is 0 Å². The number of carbonyl (C=O) groups is 2. The Kier molecular flexibility index (Phi) is 8.26. The van der Waals surface area contributed by atoms with Gasteiger partial charge in [0.15, 0.2) is 12.3 Å². The summed E-state index contributed by atoms with van der Waals surface area (Å²) in [6, 6.07) is 4.30. The molecule has 1 amide bonds. The molecule has 168 valence electrons. The zero-order chi connectivity index (χ0) is 23.1. The van der Waals surface area contributed by atoms with Crippen LogP contribution < -0.4 is 27.6 Å². The van der Waals surface area contributed by atoms with E-state index in [1.807, 2.05) is 13.8 Å². The van der Waals surface area contributed by atoms with Crippen molar-refractivity contribution in [3.05, 3.63) is 49.6 Å². The van der Waals surface area contributed by atoms with Crippen LogP contribution in [-0.2, 0) is 16.1 Å². The maximum atomic E-state index is 12.9. The smallest absolute Gasteiger partial charge is 0.340 e. The van der Waals surface area contributed by atoms with Crippen LogP contribution in [0.25, 0.3) is 0 Å². The third-order valence-electron chi connectivity index (χ3n) is 4.53. The molecule has 0 spiro atoms. The highest BCUT2D eigenvalue weighted by Gasteiger charge is 2.25. The van der Waals surface area contributed by atoms with E-state index in [2.05, 4.69) is 4.98 Å². The zero-order valence-electron chi connectivity index (χ0n) is 17.4. The largest absolute Gasteiger partial charge is 0.452 e. The number of benzene rings is 1. The van der Waals surface area contributed by atoms with Crippen molar-refractivity contribution in [2.45, 2.75) is 39.7 Å². The predicted octanol–water partition coefficient (Wildman–Crippen LogP) is 1.75. The quantitative estimate of drug-likeness (QED) is 0.387. The molecule has 1 aromatic carbocycles. The number of nitrogens with one attached hydrogen (secondary N) is 1. The van der Waals surface area contributed by atoms with Crippen LogP contribution in [0.2, 0.25) is 5.02 Å². The number of halogens is 1. The fourth-order valence-electron chi connectivity index (χ4n) is 2.95. The Morgan fingerprint density at radius 2 is 1.90 bits per heavy atom. The van der Waals surface area contributed by atoms with Gasteiger partial charge >= 0.3 is 11.7 Å². The summed E-state index contributed by atoms with van der Waals surface area (Å²) < 4.78 is 6.30. The number of unbranched alkanes of at least 4 members (excludes halogenated alkanes) is 1. The molecular formula is C20H26ClN5O5. The van der Waals surface area contributed by atoms with Crippen LogP contribution in [0.15, 0.2) is 27.8 Å². The van der Waals surface area contributed by atoms with Gasteiger partial charge in [0.25, 0.3) is 11.5 Å². The number of carbonyl (C=O) groups excluding carboxylic acids is 2. The summed E-state index contributed by atoms with van der Waals surface area (Å²) >= 11 is 5.88. The number of rotatable bonds is 9. The van der Waals surface area contributed by atoms with E-state index >= 15 is 0 Å². The van der Waals surface area contributed by atoms with Crippen LogP contribution in [0.4, 0.5) is 17.2 Å². The molecule has 0 aliphatic heterocycles. The van der Waals surface area contributed by atoms with E-state index in [-0.39, 0.29) is 40.9 Å². The lowest BCUT2D eigenvalue weighted by Gasteiger charge is -2.24. The van der Waals surface area contributed by atoms with E-state index in [1.54, 1.807) is 0 Å². The normalized spacial score (nSPS) is 10.7. The van der Waals surface area contributed by atoms with E-state index in [1.165, 1.54) is 22.8 Å². The third-order valence-corrected chi connectivity index (χ3v) is 4.76.